The molecule has 2 rings (SSSR count). The Morgan fingerprint density at radius 2 is 2.00 bits per heavy atom. The molecule has 0 spiro atoms. The Labute approximate surface area is 87.3 Å². The van der Waals surface area contributed by atoms with Crippen molar-refractivity contribution < 1.29 is 0 Å². The molecule has 0 saturated heterocycles. The number of hydrogen-bond donors (Lipinski definition) is 0. The topological polar surface area (TPSA) is 0 Å². The second-order valence-corrected chi connectivity index (χ2v) is 4.72. The van der Waals surface area contributed by atoms with Gasteiger partial charge in [-0.2, -0.15) is 0 Å². The molecule has 0 heterocycles. The molecule has 0 bridgehead atoms. The number of fused-ring (bicyclic) bond motifs is 1. The summed E-state index contributed by atoms with van der Waals surface area (Å²) in [5.41, 5.74) is 4.65. The molecule has 14 heavy (non-hydrogen) atoms. The molecular weight excluding hydrogens is 168 g/mol. The number of rotatable bonds is 1. The summed E-state index contributed by atoms with van der Waals surface area (Å²) in [6.45, 7) is 6.87. The monoisotopic (exact) mass is 188 g/mol. The normalized spacial score (nSPS) is 25.9. The van der Waals surface area contributed by atoms with E-state index in [-0.39, 0.29) is 0 Å². The van der Waals surface area contributed by atoms with Gasteiger partial charge in [-0.15, -0.1) is 0 Å². The van der Waals surface area contributed by atoms with Gasteiger partial charge in [-0.05, 0) is 49.1 Å². The summed E-state index contributed by atoms with van der Waals surface area (Å²) in [7, 11) is 0. The number of benzene rings is 1. The maximum absolute atomic E-state index is 2.39. The summed E-state index contributed by atoms with van der Waals surface area (Å²) >= 11 is 0. The van der Waals surface area contributed by atoms with Crippen LogP contribution in [0, 0.1) is 6.92 Å². The summed E-state index contributed by atoms with van der Waals surface area (Å²) in [6.07, 6.45) is 4.05. The van der Waals surface area contributed by atoms with Gasteiger partial charge in [0.1, 0.15) is 0 Å². The third-order valence-electron chi connectivity index (χ3n) is 3.65. The van der Waals surface area contributed by atoms with E-state index in [1.54, 1.807) is 11.1 Å². The molecule has 2 atom stereocenters. The van der Waals surface area contributed by atoms with E-state index in [0.717, 1.165) is 11.8 Å². The van der Waals surface area contributed by atoms with Crippen LogP contribution in [0.3, 0.4) is 0 Å². The third kappa shape index (κ3) is 1.58. The van der Waals surface area contributed by atoms with Crippen LogP contribution in [-0.2, 0) is 0 Å². The standard InChI is InChI=1S/C14H20/c1-4-12-7-6-11(3)14-9-10(2)5-8-13(12)14/h5,8-9,11-12H,4,6-7H2,1-3H3. The maximum atomic E-state index is 2.39. The zero-order chi connectivity index (χ0) is 10.1. The van der Waals surface area contributed by atoms with E-state index in [2.05, 4.69) is 39.0 Å². The lowest BCUT2D eigenvalue weighted by Crippen LogP contribution is -2.12. The second kappa shape index (κ2) is 3.76. The van der Waals surface area contributed by atoms with Gasteiger partial charge in [0.05, 0.1) is 0 Å². The van der Waals surface area contributed by atoms with Crippen molar-refractivity contribution in [1.29, 1.82) is 0 Å². The Morgan fingerprint density at radius 3 is 2.71 bits per heavy atom. The van der Waals surface area contributed by atoms with E-state index in [0.29, 0.717) is 0 Å². The van der Waals surface area contributed by atoms with Gasteiger partial charge < -0.3 is 0 Å². The SMILES string of the molecule is CCC1CCC(C)c2cc(C)ccc21. The van der Waals surface area contributed by atoms with E-state index >= 15 is 0 Å². The van der Waals surface area contributed by atoms with Crippen LogP contribution in [0.25, 0.3) is 0 Å². The quantitative estimate of drug-likeness (QED) is 0.613. The smallest absolute Gasteiger partial charge is 0.0162 e. The fourth-order valence-electron chi connectivity index (χ4n) is 2.68. The first kappa shape index (κ1) is 9.76. The van der Waals surface area contributed by atoms with E-state index in [1.807, 2.05) is 0 Å². The lowest BCUT2D eigenvalue weighted by Gasteiger charge is -2.29. The number of aryl methyl sites for hydroxylation is 1. The summed E-state index contributed by atoms with van der Waals surface area (Å²) in [4.78, 5) is 0. The molecule has 1 aliphatic rings. The third-order valence-corrected chi connectivity index (χ3v) is 3.65. The van der Waals surface area contributed by atoms with Gasteiger partial charge in [-0.3, -0.25) is 0 Å². The molecule has 1 aromatic rings. The highest BCUT2D eigenvalue weighted by atomic mass is 14.3. The van der Waals surface area contributed by atoms with Gasteiger partial charge in [0, 0.05) is 0 Å². The molecule has 1 aliphatic carbocycles. The van der Waals surface area contributed by atoms with Crippen molar-refractivity contribution in [3.05, 3.63) is 34.9 Å². The van der Waals surface area contributed by atoms with Crippen molar-refractivity contribution in [3.8, 4) is 0 Å². The van der Waals surface area contributed by atoms with Crippen LogP contribution in [0.4, 0.5) is 0 Å². The van der Waals surface area contributed by atoms with Crippen molar-refractivity contribution in [1.82, 2.24) is 0 Å². The Kier molecular flexibility index (Phi) is 2.62. The van der Waals surface area contributed by atoms with E-state index in [9.17, 15) is 0 Å². The van der Waals surface area contributed by atoms with Crippen LogP contribution in [0.5, 0.6) is 0 Å². The zero-order valence-corrected chi connectivity index (χ0v) is 9.51. The van der Waals surface area contributed by atoms with E-state index in [1.165, 1.54) is 24.8 Å². The van der Waals surface area contributed by atoms with Crippen LogP contribution in [0.1, 0.15) is 61.6 Å². The minimum absolute atomic E-state index is 0.771. The molecule has 0 fully saturated rings. The predicted molar refractivity (Wildman–Crippen MR) is 61.9 cm³/mol. The Bertz CT molecular complexity index is 325. The highest BCUT2D eigenvalue weighted by molar-refractivity contribution is 5.38. The summed E-state index contributed by atoms with van der Waals surface area (Å²) in [6, 6.07) is 7.01. The highest BCUT2D eigenvalue weighted by Crippen LogP contribution is 2.40. The molecule has 2 unspecified atom stereocenters. The zero-order valence-electron chi connectivity index (χ0n) is 9.51. The van der Waals surface area contributed by atoms with Crippen LogP contribution < -0.4 is 0 Å². The minimum Gasteiger partial charge on any atom is -0.0648 e. The maximum Gasteiger partial charge on any atom is -0.0162 e. The Morgan fingerprint density at radius 1 is 1.21 bits per heavy atom. The average molecular weight is 188 g/mol. The van der Waals surface area contributed by atoms with Crippen molar-refractivity contribution >= 4 is 0 Å². The van der Waals surface area contributed by atoms with Gasteiger partial charge in [0.15, 0.2) is 0 Å². The molecule has 0 amide bonds. The molecule has 0 heteroatoms. The highest BCUT2D eigenvalue weighted by Gasteiger charge is 2.23. The van der Waals surface area contributed by atoms with E-state index in [4.69, 9.17) is 0 Å². The van der Waals surface area contributed by atoms with Crippen molar-refractivity contribution in [2.75, 3.05) is 0 Å². The molecule has 0 N–H and O–H groups in total. The summed E-state index contributed by atoms with van der Waals surface area (Å²) in [5.74, 6) is 1.59. The first-order valence-electron chi connectivity index (χ1n) is 5.82. The molecule has 0 radical (unpaired) electrons. The molecule has 76 valence electrons. The van der Waals surface area contributed by atoms with Crippen molar-refractivity contribution in [2.24, 2.45) is 0 Å². The van der Waals surface area contributed by atoms with Gasteiger partial charge in [-0.25, -0.2) is 0 Å². The second-order valence-electron chi connectivity index (χ2n) is 4.72. The van der Waals surface area contributed by atoms with E-state index < -0.39 is 0 Å². The lowest BCUT2D eigenvalue weighted by atomic mass is 9.76. The molecule has 1 aromatic carbocycles. The first-order valence-corrected chi connectivity index (χ1v) is 5.82. The van der Waals surface area contributed by atoms with Gasteiger partial charge in [-0.1, -0.05) is 37.6 Å². The predicted octanol–water partition coefficient (Wildman–Crippen LogP) is 4.39. The van der Waals surface area contributed by atoms with Crippen LogP contribution in [0.15, 0.2) is 18.2 Å². The van der Waals surface area contributed by atoms with Gasteiger partial charge >= 0.3 is 0 Å². The Hall–Kier alpha value is -0.780. The first-order chi connectivity index (χ1) is 6.72. The average Bonchev–Trinajstić information content (AvgIpc) is 2.19. The number of hydrogen-bond acceptors (Lipinski definition) is 0. The lowest BCUT2D eigenvalue weighted by molar-refractivity contribution is 0.492. The molecular formula is C14H20. The molecule has 0 aromatic heterocycles. The fraction of sp³-hybridized carbons (Fsp3) is 0.571. The van der Waals surface area contributed by atoms with Crippen LogP contribution in [0.2, 0.25) is 0 Å². The largest absolute Gasteiger partial charge is 0.0648 e. The minimum atomic E-state index is 0.771. The summed E-state index contributed by atoms with van der Waals surface area (Å²) in [5, 5.41) is 0. The summed E-state index contributed by atoms with van der Waals surface area (Å²) < 4.78 is 0. The van der Waals surface area contributed by atoms with Crippen molar-refractivity contribution in [2.45, 2.75) is 51.9 Å². The van der Waals surface area contributed by atoms with Crippen molar-refractivity contribution in [3.63, 3.8) is 0 Å². The fourth-order valence-corrected chi connectivity index (χ4v) is 2.68. The molecule has 0 nitrogen and oxygen atoms in total. The van der Waals surface area contributed by atoms with Crippen LogP contribution >= 0.6 is 0 Å². The molecule has 0 saturated carbocycles. The Balaban J connectivity index is 2.45. The van der Waals surface area contributed by atoms with Gasteiger partial charge in [0.25, 0.3) is 0 Å². The van der Waals surface area contributed by atoms with Crippen LogP contribution in [-0.4, -0.2) is 0 Å². The van der Waals surface area contributed by atoms with Gasteiger partial charge in [0.2, 0.25) is 0 Å². The molecule has 0 aliphatic heterocycles.